The quantitative estimate of drug-likeness (QED) is 0.929. The summed E-state index contributed by atoms with van der Waals surface area (Å²) >= 11 is 3.35. The van der Waals surface area contributed by atoms with Crippen LogP contribution in [0.4, 0.5) is 4.39 Å². The van der Waals surface area contributed by atoms with Gasteiger partial charge in [0.05, 0.1) is 11.6 Å². The third-order valence-electron chi connectivity index (χ3n) is 3.74. The summed E-state index contributed by atoms with van der Waals surface area (Å²) in [7, 11) is 1.61. The summed E-state index contributed by atoms with van der Waals surface area (Å²) in [5.41, 5.74) is 6.73. The van der Waals surface area contributed by atoms with Gasteiger partial charge in [-0.2, -0.15) is 0 Å². The van der Waals surface area contributed by atoms with Crippen molar-refractivity contribution in [2.75, 3.05) is 13.7 Å². The molecule has 1 aromatic carbocycles. The number of rotatable bonds is 3. The zero-order valence-electron chi connectivity index (χ0n) is 9.93. The normalized spacial score (nSPS) is 18.4. The van der Waals surface area contributed by atoms with Crippen molar-refractivity contribution < 1.29 is 9.13 Å². The molecule has 1 aromatic rings. The lowest BCUT2D eigenvalue weighted by atomic mass is 9.78. The Morgan fingerprint density at radius 1 is 1.41 bits per heavy atom. The van der Waals surface area contributed by atoms with Crippen LogP contribution >= 0.6 is 15.9 Å². The second-order valence-corrected chi connectivity index (χ2v) is 5.51. The van der Waals surface area contributed by atoms with Crippen molar-refractivity contribution in [2.24, 2.45) is 5.73 Å². The zero-order valence-corrected chi connectivity index (χ0v) is 11.5. The molecule has 2 N–H and O–H groups in total. The van der Waals surface area contributed by atoms with Gasteiger partial charge in [-0.25, -0.2) is 4.39 Å². The molecular formula is C13H17BrFNO. The number of benzene rings is 1. The zero-order chi connectivity index (χ0) is 12.5. The third kappa shape index (κ3) is 2.20. The summed E-state index contributed by atoms with van der Waals surface area (Å²) in [6.07, 6.45) is 4.31. The van der Waals surface area contributed by atoms with Crippen molar-refractivity contribution in [2.45, 2.75) is 31.1 Å². The Labute approximate surface area is 109 Å². The van der Waals surface area contributed by atoms with E-state index in [2.05, 4.69) is 15.9 Å². The van der Waals surface area contributed by atoms with E-state index in [9.17, 15) is 4.39 Å². The van der Waals surface area contributed by atoms with E-state index in [0.717, 1.165) is 37.0 Å². The summed E-state index contributed by atoms with van der Waals surface area (Å²) in [6.45, 7) is 0.541. The minimum atomic E-state index is -0.243. The van der Waals surface area contributed by atoms with Crippen LogP contribution < -0.4 is 10.5 Å². The number of hydrogen-bond donors (Lipinski definition) is 1. The molecule has 0 saturated heterocycles. The second-order valence-electron chi connectivity index (χ2n) is 4.66. The Hall–Kier alpha value is -0.610. The summed E-state index contributed by atoms with van der Waals surface area (Å²) in [4.78, 5) is 0. The van der Waals surface area contributed by atoms with Crippen LogP contribution in [0.5, 0.6) is 5.75 Å². The molecule has 1 fully saturated rings. The lowest BCUT2D eigenvalue weighted by molar-refractivity contribution is 0.373. The van der Waals surface area contributed by atoms with Gasteiger partial charge >= 0.3 is 0 Å². The minimum absolute atomic E-state index is 0.115. The summed E-state index contributed by atoms with van der Waals surface area (Å²) < 4.78 is 19.6. The van der Waals surface area contributed by atoms with Gasteiger partial charge in [0.1, 0.15) is 11.6 Å². The highest BCUT2D eigenvalue weighted by Gasteiger charge is 2.37. The van der Waals surface area contributed by atoms with Gasteiger partial charge in [0, 0.05) is 17.5 Å². The molecule has 0 radical (unpaired) electrons. The Morgan fingerprint density at radius 2 is 2.06 bits per heavy atom. The van der Waals surface area contributed by atoms with E-state index in [4.69, 9.17) is 10.5 Å². The Bertz CT molecular complexity index is 416. The molecule has 4 heteroatoms. The molecule has 2 rings (SSSR count). The summed E-state index contributed by atoms with van der Waals surface area (Å²) in [6, 6.07) is 3.00. The van der Waals surface area contributed by atoms with E-state index in [1.807, 2.05) is 0 Å². The van der Waals surface area contributed by atoms with Crippen LogP contribution in [0.2, 0.25) is 0 Å². The van der Waals surface area contributed by atoms with E-state index < -0.39 is 0 Å². The first-order valence-electron chi connectivity index (χ1n) is 5.86. The van der Waals surface area contributed by atoms with Gasteiger partial charge in [-0.1, -0.05) is 12.8 Å². The van der Waals surface area contributed by atoms with E-state index >= 15 is 0 Å². The topological polar surface area (TPSA) is 35.2 Å². The lowest BCUT2D eigenvalue weighted by Gasteiger charge is -2.30. The summed E-state index contributed by atoms with van der Waals surface area (Å²) in [5.74, 6) is 0.478. The molecule has 0 unspecified atom stereocenters. The van der Waals surface area contributed by atoms with Crippen LogP contribution in [-0.2, 0) is 5.41 Å². The number of ether oxygens (including phenoxy) is 1. The molecular weight excluding hydrogens is 285 g/mol. The molecule has 0 spiro atoms. The maximum Gasteiger partial charge on any atom is 0.137 e. The molecule has 0 bridgehead atoms. The van der Waals surface area contributed by atoms with Gasteiger partial charge in [0.15, 0.2) is 0 Å². The van der Waals surface area contributed by atoms with Crippen molar-refractivity contribution in [1.82, 2.24) is 0 Å². The Morgan fingerprint density at radius 3 is 2.59 bits per heavy atom. The third-order valence-corrected chi connectivity index (χ3v) is 4.32. The van der Waals surface area contributed by atoms with Gasteiger partial charge in [-0.15, -0.1) is 0 Å². The van der Waals surface area contributed by atoms with Gasteiger partial charge in [-0.05, 0) is 40.9 Å². The second kappa shape index (κ2) is 4.94. The van der Waals surface area contributed by atoms with Crippen molar-refractivity contribution >= 4 is 15.9 Å². The molecule has 0 aromatic heterocycles. The Kier molecular flexibility index (Phi) is 3.73. The first-order chi connectivity index (χ1) is 8.13. The fourth-order valence-electron chi connectivity index (χ4n) is 2.80. The monoisotopic (exact) mass is 301 g/mol. The van der Waals surface area contributed by atoms with Crippen LogP contribution in [0.3, 0.4) is 0 Å². The molecule has 2 nitrogen and oxygen atoms in total. The molecule has 94 valence electrons. The minimum Gasteiger partial charge on any atom is -0.495 e. The molecule has 0 amide bonds. The van der Waals surface area contributed by atoms with Crippen LogP contribution in [0, 0.1) is 5.82 Å². The molecule has 0 atom stereocenters. The van der Waals surface area contributed by atoms with Crippen LogP contribution in [0.1, 0.15) is 31.2 Å². The predicted octanol–water partition coefficient (Wildman–Crippen LogP) is 3.37. The standard InChI is InChI=1S/C13H17BrFNO/c1-17-12-10(6-9(15)7-11(12)14)13(8-16)4-2-3-5-13/h6-7H,2-5,8,16H2,1H3. The van der Waals surface area contributed by atoms with Crippen molar-refractivity contribution in [3.63, 3.8) is 0 Å². The number of methoxy groups -OCH3 is 1. The van der Waals surface area contributed by atoms with Gasteiger partial charge in [0.2, 0.25) is 0 Å². The molecule has 1 saturated carbocycles. The van der Waals surface area contributed by atoms with Gasteiger partial charge in [0.25, 0.3) is 0 Å². The van der Waals surface area contributed by atoms with Gasteiger partial charge in [-0.3, -0.25) is 0 Å². The fourth-order valence-corrected chi connectivity index (χ4v) is 3.39. The highest BCUT2D eigenvalue weighted by molar-refractivity contribution is 9.10. The van der Waals surface area contributed by atoms with Gasteiger partial charge < -0.3 is 10.5 Å². The number of nitrogens with two attached hydrogens (primary N) is 1. The maximum absolute atomic E-state index is 13.6. The highest BCUT2D eigenvalue weighted by Crippen LogP contribution is 2.46. The molecule has 0 heterocycles. The smallest absolute Gasteiger partial charge is 0.137 e. The first kappa shape index (κ1) is 12.8. The number of hydrogen-bond acceptors (Lipinski definition) is 2. The molecule has 1 aliphatic rings. The van der Waals surface area contributed by atoms with E-state index in [1.165, 1.54) is 6.07 Å². The molecule has 1 aliphatic carbocycles. The van der Waals surface area contributed by atoms with E-state index in [-0.39, 0.29) is 11.2 Å². The largest absolute Gasteiger partial charge is 0.495 e. The van der Waals surface area contributed by atoms with Crippen LogP contribution in [0.15, 0.2) is 16.6 Å². The maximum atomic E-state index is 13.6. The first-order valence-corrected chi connectivity index (χ1v) is 6.66. The number of halogens is 2. The molecule has 0 aliphatic heterocycles. The van der Waals surface area contributed by atoms with Crippen LogP contribution in [0.25, 0.3) is 0 Å². The van der Waals surface area contributed by atoms with Crippen molar-refractivity contribution in [1.29, 1.82) is 0 Å². The SMILES string of the molecule is COc1c(Br)cc(F)cc1C1(CN)CCCC1. The molecule has 17 heavy (non-hydrogen) atoms. The average Bonchev–Trinajstić information content (AvgIpc) is 2.77. The van der Waals surface area contributed by atoms with Crippen molar-refractivity contribution in [3.05, 3.63) is 28.0 Å². The van der Waals surface area contributed by atoms with E-state index in [1.54, 1.807) is 13.2 Å². The van der Waals surface area contributed by atoms with Crippen LogP contribution in [-0.4, -0.2) is 13.7 Å². The average molecular weight is 302 g/mol. The summed E-state index contributed by atoms with van der Waals surface area (Å²) in [5, 5.41) is 0. The highest BCUT2D eigenvalue weighted by atomic mass is 79.9. The fraction of sp³-hybridized carbons (Fsp3) is 0.538. The lowest BCUT2D eigenvalue weighted by Crippen LogP contribution is -2.32. The van der Waals surface area contributed by atoms with Crippen molar-refractivity contribution in [3.8, 4) is 5.75 Å². The predicted molar refractivity (Wildman–Crippen MR) is 69.9 cm³/mol. The Balaban J connectivity index is 2.56. The van der Waals surface area contributed by atoms with E-state index in [0.29, 0.717) is 11.0 Å².